The fourth-order valence-electron chi connectivity index (χ4n) is 2.07. The molecule has 0 fully saturated rings. The molecule has 0 aromatic carbocycles. The van der Waals surface area contributed by atoms with Crippen LogP contribution in [0.1, 0.15) is 0 Å². The Labute approximate surface area is 146 Å². The molecule has 0 spiro atoms. The van der Waals surface area contributed by atoms with Crippen molar-refractivity contribution in [2.24, 2.45) is 0 Å². The van der Waals surface area contributed by atoms with Crippen LogP contribution in [0.5, 0.6) is 0 Å². The number of furan rings is 1. The van der Waals surface area contributed by atoms with Gasteiger partial charge in [-0.05, 0) is 15.9 Å². The third kappa shape index (κ3) is 5.05. The molecule has 0 aliphatic heterocycles. The van der Waals surface area contributed by atoms with Gasteiger partial charge in [-0.15, -0.1) is 0 Å². The molecule has 2 N–H and O–H groups in total. The van der Waals surface area contributed by atoms with Crippen molar-refractivity contribution in [2.75, 3.05) is 57.6 Å². The van der Waals surface area contributed by atoms with Crippen molar-refractivity contribution in [3.8, 4) is 0 Å². The van der Waals surface area contributed by atoms with Gasteiger partial charge in [0.1, 0.15) is 6.26 Å². The van der Waals surface area contributed by atoms with Crippen molar-refractivity contribution in [2.45, 2.75) is 0 Å². The molecule has 24 heavy (non-hydrogen) atoms. The zero-order valence-corrected chi connectivity index (χ0v) is 14.7. The normalized spacial score (nSPS) is 11.3. The zero-order valence-electron chi connectivity index (χ0n) is 13.1. The van der Waals surface area contributed by atoms with E-state index in [-0.39, 0.29) is 37.4 Å². The van der Waals surface area contributed by atoms with Crippen molar-refractivity contribution < 1.29 is 28.5 Å². The maximum absolute atomic E-state index is 12.1. The third-order valence-corrected chi connectivity index (χ3v) is 3.73. The number of rotatable bonds is 11. The van der Waals surface area contributed by atoms with Crippen LogP contribution in [-0.2, 0) is 9.47 Å². The number of hydrogen-bond acceptors (Lipinski definition) is 8. The highest BCUT2D eigenvalue weighted by Crippen LogP contribution is 2.27. The highest BCUT2D eigenvalue weighted by molar-refractivity contribution is 9.10. The number of aliphatic hydroxyl groups excluding tert-OH is 2. The average Bonchev–Trinajstić information content (AvgIpc) is 2.95. The number of aliphatic hydroxyl groups is 2. The molecule has 2 aromatic rings. The Morgan fingerprint density at radius 2 is 1.67 bits per heavy atom. The predicted octanol–water partition coefficient (Wildman–Crippen LogP) is 0.973. The fourth-order valence-corrected chi connectivity index (χ4v) is 2.43. The zero-order chi connectivity index (χ0) is 17.4. The van der Waals surface area contributed by atoms with Gasteiger partial charge in [0, 0.05) is 13.1 Å². The second-order valence-corrected chi connectivity index (χ2v) is 5.70. The molecular formula is C15H20BrNO7. The van der Waals surface area contributed by atoms with Crippen LogP contribution in [0.3, 0.4) is 0 Å². The number of nitrogens with zero attached hydrogens (tertiary/aromatic N) is 1. The Morgan fingerprint density at radius 1 is 1.04 bits per heavy atom. The lowest BCUT2D eigenvalue weighted by atomic mass is 10.3. The maximum atomic E-state index is 12.1. The minimum Gasteiger partial charge on any atom is -0.456 e. The number of halogens is 1. The van der Waals surface area contributed by atoms with Gasteiger partial charge < -0.3 is 33.4 Å². The van der Waals surface area contributed by atoms with Crippen LogP contribution in [0, 0.1) is 0 Å². The first-order valence-corrected chi connectivity index (χ1v) is 8.29. The molecule has 0 aliphatic rings. The van der Waals surface area contributed by atoms with Gasteiger partial charge in [0.15, 0.2) is 5.58 Å². The molecule has 134 valence electrons. The van der Waals surface area contributed by atoms with Crippen molar-refractivity contribution in [1.82, 2.24) is 0 Å². The van der Waals surface area contributed by atoms with Gasteiger partial charge in [-0.3, -0.25) is 4.79 Å². The largest absolute Gasteiger partial charge is 0.456 e. The lowest BCUT2D eigenvalue weighted by Crippen LogP contribution is -2.32. The second kappa shape index (κ2) is 9.80. The summed E-state index contributed by atoms with van der Waals surface area (Å²) in [6.07, 6.45) is 1.40. The lowest BCUT2D eigenvalue weighted by Gasteiger charge is -2.22. The standard InChI is InChI=1S/C15H20BrNO7/c16-11-10-23-15-12(20)9-13(24-14(11)15)17(1-5-21-7-3-18)2-6-22-8-4-19/h9-10,18-19H,1-8H2. The average molecular weight is 406 g/mol. The van der Waals surface area contributed by atoms with E-state index in [1.807, 2.05) is 0 Å². The molecule has 0 unspecified atom stereocenters. The molecular weight excluding hydrogens is 386 g/mol. The molecule has 0 saturated heterocycles. The third-order valence-electron chi connectivity index (χ3n) is 3.18. The van der Waals surface area contributed by atoms with Gasteiger partial charge >= 0.3 is 0 Å². The van der Waals surface area contributed by atoms with Gasteiger partial charge in [-0.2, -0.15) is 0 Å². The summed E-state index contributed by atoms with van der Waals surface area (Å²) in [7, 11) is 0. The van der Waals surface area contributed by atoms with Crippen LogP contribution >= 0.6 is 15.9 Å². The summed E-state index contributed by atoms with van der Waals surface area (Å²) >= 11 is 3.28. The molecule has 8 nitrogen and oxygen atoms in total. The maximum Gasteiger partial charge on any atom is 0.230 e. The fraction of sp³-hybridized carbons (Fsp3) is 0.533. The topological polar surface area (TPSA) is 106 Å². The molecule has 9 heteroatoms. The summed E-state index contributed by atoms with van der Waals surface area (Å²) < 4.78 is 22.0. The van der Waals surface area contributed by atoms with E-state index in [1.165, 1.54) is 12.3 Å². The van der Waals surface area contributed by atoms with E-state index >= 15 is 0 Å². The highest BCUT2D eigenvalue weighted by Gasteiger charge is 2.16. The molecule has 2 heterocycles. The SMILES string of the molecule is O=c1cc(N(CCOCCO)CCOCCO)oc2c(Br)coc12. The molecule has 0 aliphatic carbocycles. The van der Waals surface area contributed by atoms with E-state index in [0.717, 1.165) is 0 Å². The Balaban J connectivity index is 2.14. The predicted molar refractivity (Wildman–Crippen MR) is 90.5 cm³/mol. The molecule has 0 bridgehead atoms. The number of fused-ring (bicyclic) bond motifs is 1. The van der Waals surface area contributed by atoms with Gasteiger partial charge in [-0.25, -0.2) is 0 Å². The summed E-state index contributed by atoms with van der Waals surface area (Å²) in [5.41, 5.74) is 0.211. The van der Waals surface area contributed by atoms with Crippen molar-refractivity contribution >= 4 is 33.0 Å². The molecule has 0 radical (unpaired) electrons. The lowest BCUT2D eigenvalue weighted by molar-refractivity contribution is 0.0878. The first kappa shape index (κ1) is 18.9. The van der Waals surface area contributed by atoms with Crippen LogP contribution in [-0.4, -0.2) is 62.9 Å². The smallest absolute Gasteiger partial charge is 0.230 e. The van der Waals surface area contributed by atoms with Crippen LogP contribution < -0.4 is 10.3 Å². The van der Waals surface area contributed by atoms with Crippen LogP contribution in [0.2, 0.25) is 0 Å². The summed E-state index contributed by atoms with van der Waals surface area (Å²) in [6, 6.07) is 1.36. The summed E-state index contributed by atoms with van der Waals surface area (Å²) in [4.78, 5) is 13.9. The second-order valence-electron chi connectivity index (χ2n) is 4.85. The molecule has 2 aromatic heterocycles. The van der Waals surface area contributed by atoms with E-state index in [4.69, 9.17) is 28.5 Å². The van der Waals surface area contributed by atoms with Gasteiger partial charge in [-0.1, -0.05) is 0 Å². The quantitative estimate of drug-likeness (QED) is 0.532. The van der Waals surface area contributed by atoms with Crippen molar-refractivity contribution in [3.05, 3.63) is 27.0 Å². The molecule has 0 amide bonds. The van der Waals surface area contributed by atoms with Crippen LogP contribution in [0.25, 0.3) is 11.2 Å². The van der Waals surface area contributed by atoms with Crippen molar-refractivity contribution in [3.63, 3.8) is 0 Å². The first-order valence-electron chi connectivity index (χ1n) is 7.50. The number of hydrogen-bond donors (Lipinski definition) is 2. The molecule has 2 rings (SSSR count). The minimum absolute atomic E-state index is 0.0530. The van der Waals surface area contributed by atoms with Gasteiger partial charge in [0.05, 0.1) is 50.2 Å². The van der Waals surface area contributed by atoms with Crippen LogP contribution in [0.4, 0.5) is 5.88 Å². The van der Waals surface area contributed by atoms with E-state index in [9.17, 15) is 4.79 Å². The Morgan fingerprint density at radius 3 is 2.25 bits per heavy atom. The van der Waals surface area contributed by atoms with Crippen molar-refractivity contribution in [1.29, 1.82) is 0 Å². The van der Waals surface area contributed by atoms with E-state index in [0.29, 0.717) is 42.2 Å². The minimum atomic E-state index is -0.283. The highest BCUT2D eigenvalue weighted by atomic mass is 79.9. The Hall–Kier alpha value is -1.39. The first-order chi connectivity index (χ1) is 11.7. The Kier molecular flexibility index (Phi) is 7.73. The molecule has 0 atom stereocenters. The monoisotopic (exact) mass is 405 g/mol. The van der Waals surface area contributed by atoms with Gasteiger partial charge in [0.25, 0.3) is 0 Å². The number of anilines is 1. The van der Waals surface area contributed by atoms with E-state index in [2.05, 4.69) is 15.9 Å². The van der Waals surface area contributed by atoms with Gasteiger partial charge in [0.2, 0.25) is 16.9 Å². The molecule has 0 saturated carbocycles. The summed E-state index contributed by atoms with van der Waals surface area (Å²) in [5, 5.41) is 17.5. The van der Waals surface area contributed by atoms with E-state index < -0.39 is 0 Å². The number of ether oxygens (including phenoxy) is 2. The summed E-state index contributed by atoms with van der Waals surface area (Å²) in [5.74, 6) is 0.370. The summed E-state index contributed by atoms with van der Waals surface area (Å²) in [6.45, 7) is 1.99. The van der Waals surface area contributed by atoms with E-state index in [1.54, 1.807) is 4.90 Å². The van der Waals surface area contributed by atoms with Crippen LogP contribution in [0.15, 0.2) is 30.4 Å². The Bertz CT molecular complexity index is 672.